The topological polar surface area (TPSA) is 103 Å². The molecule has 2 aromatic carbocycles. The summed E-state index contributed by atoms with van der Waals surface area (Å²) in [6, 6.07) is 9.48. The highest BCUT2D eigenvalue weighted by Gasteiger charge is 2.17. The largest absolute Gasteiger partial charge is 0.493 e. The molecule has 10 heteroatoms. The molecule has 1 N–H and O–H groups in total. The van der Waals surface area contributed by atoms with Crippen molar-refractivity contribution in [2.24, 2.45) is 0 Å². The number of ether oxygens (including phenoxy) is 4. The molecule has 1 amide bonds. The lowest BCUT2D eigenvalue weighted by Crippen LogP contribution is -2.31. The first-order valence-electron chi connectivity index (χ1n) is 10.0. The van der Waals surface area contributed by atoms with Crippen molar-refractivity contribution in [2.75, 3.05) is 41.5 Å². The molecule has 0 fully saturated rings. The maximum atomic E-state index is 12.5. The van der Waals surface area contributed by atoms with Gasteiger partial charge >= 0.3 is 0 Å². The summed E-state index contributed by atoms with van der Waals surface area (Å²) in [4.78, 5) is 14.2. The van der Waals surface area contributed by atoms with E-state index >= 15 is 0 Å². The van der Waals surface area contributed by atoms with Gasteiger partial charge in [-0.15, -0.1) is 0 Å². The fourth-order valence-corrected chi connectivity index (χ4v) is 4.01. The minimum Gasteiger partial charge on any atom is -0.493 e. The second kappa shape index (κ2) is 11.6. The number of sulfonamides is 1. The van der Waals surface area contributed by atoms with Gasteiger partial charge in [-0.25, -0.2) is 13.1 Å². The highest BCUT2D eigenvalue weighted by molar-refractivity contribution is 7.89. The lowest BCUT2D eigenvalue weighted by Gasteiger charge is -2.20. The molecule has 9 nitrogen and oxygen atoms in total. The van der Waals surface area contributed by atoms with Crippen LogP contribution in [-0.4, -0.2) is 60.8 Å². The zero-order chi connectivity index (χ0) is 23.7. The van der Waals surface area contributed by atoms with Gasteiger partial charge in [-0.2, -0.15) is 0 Å². The second-order valence-corrected chi connectivity index (χ2v) is 8.71. The number of carbonyl (C=O) groups excluding carboxylic acids is 1. The predicted molar refractivity (Wildman–Crippen MR) is 120 cm³/mol. The van der Waals surface area contributed by atoms with Gasteiger partial charge in [0.05, 0.1) is 26.2 Å². The van der Waals surface area contributed by atoms with Gasteiger partial charge in [0.2, 0.25) is 15.8 Å². The molecule has 0 aliphatic heterocycles. The molecule has 0 unspecified atom stereocenters. The molecule has 176 valence electrons. The number of hydrogen-bond donors (Lipinski definition) is 1. The van der Waals surface area contributed by atoms with Crippen molar-refractivity contribution in [1.29, 1.82) is 0 Å². The minimum atomic E-state index is -3.55. The first kappa shape index (κ1) is 25.3. The number of nitrogens with zero attached hydrogens (tertiary/aromatic N) is 1. The van der Waals surface area contributed by atoms with Gasteiger partial charge in [0.25, 0.3) is 5.91 Å². The molecule has 0 atom stereocenters. The van der Waals surface area contributed by atoms with Crippen molar-refractivity contribution in [2.45, 2.75) is 24.8 Å². The average molecular weight is 467 g/mol. The van der Waals surface area contributed by atoms with Crippen LogP contribution in [0.1, 0.15) is 18.9 Å². The fourth-order valence-electron chi connectivity index (χ4n) is 2.88. The van der Waals surface area contributed by atoms with E-state index in [-0.39, 0.29) is 17.4 Å². The summed E-state index contributed by atoms with van der Waals surface area (Å²) in [5.41, 5.74) is 0.796. The van der Waals surface area contributed by atoms with Crippen LogP contribution in [0.25, 0.3) is 0 Å². The third-order valence-corrected chi connectivity index (χ3v) is 6.09. The van der Waals surface area contributed by atoms with Gasteiger partial charge in [-0.1, -0.05) is 6.92 Å². The Morgan fingerprint density at radius 3 is 2.09 bits per heavy atom. The average Bonchev–Trinajstić information content (AvgIpc) is 2.80. The summed E-state index contributed by atoms with van der Waals surface area (Å²) in [6.07, 6.45) is 0.701. The molecule has 0 radical (unpaired) electrons. The first-order chi connectivity index (χ1) is 15.2. The molecule has 0 saturated carbocycles. The normalized spacial score (nSPS) is 11.0. The Balaban J connectivity index is 1.99. The number of likely N-dealkylation sites (N-methyl/N-ethyl adjacent to an activating group) is 1. The monoisotopic (exact) mass is 466 g/mol. The highest BCUT2D eigenvalue weighted by atomic mass is 32.2. The summed E-state index contributed by atoms with van der Waals surface area (Å²) < 4.78 is 48.3. The van der Waals surface area contributed by atoms with Crippen molar-refractivity contribution >= 4 is 15.9 Å². The van der Waals surface area contributed by atoms with E-state index in [0.29, 0.717) is 42.5 Å². The molecule has 2 aromatic rings. The van der Waals surface area contributed by atoms with Gasteiger partial charge in [0, 0.05) is 20.1 Å². The van der Waals surface area contributed by atoms with Gasteiger partial charge in [0.1, 0.15) is 5.75 Å². The van der Waals surface area contributed by atoms with Crippen molar-refractivity contribution in [1.82, 2.24) is 9.62 Å². The number of nitrogens with one attached hydrogen (secondary N) is 1. The molecule has 0 aliphatic carbocycles. The van der Waals surface area contributed by atoms with E-state index in [1.165, 1.54) is 50.5 Å². The maximum Gasteiger partial charge on any atom is 0.260 e. The van der Waals surface area contributed by atoms with Gasteiger partial charge < -0.3 is 23.8 Å². The summed E-state index contributed by atoms with van der Waals surface area (Å²) in [5, 5.41) is 0. The molecular formula is C22H30N2O7S. The van der Waals surface area contributed by atoms with E-state index < -0.39 is 10.0 Å². The highest BCUT2D eigenvalue weighted by Crippen LogP contribution is 2.38. The summed E-state index contributed by atoms with van der Waals surface area (Å²) >= 11 is 0. The van der Waals surface area contributed by atoms with Crippen LogP contribution in [0.4, 0.5) is 0 Å². The summed E-state index contributed by atoms with van der Waals surface area (Å²) in [5.74, 6) is 1.63. The standard InChI is InChI=1S/C22H30N2O7S/c1-6-11-23-32(26,27)18-9-7-17(8-10-18)31-15-21(25)24(2)14-16-12-19(28-3)22(30-5)20(13-16)29-4/h7-10,12-13,23H,6,11,14-15H2,1-5H3. The van der Waals surface area contributed by atoms with Crippen LogP contribution in [-0.2, 0) is 21.4 Å². The van der Waals surface area contributed by atoms with Gasteiger partial charge in [-0.05, 0) is 48.4 Å². The Morgan fingerprint density at radius 1 is 1.00 bits per heavy atom. The van der Waals surface area contributed by atoms with Crippen LogP contribution < -0.4 is 23.7 Å². The first-order valence-corrected chi connectivity index (χ1v) is 11.5. The second-order valence-electron chi connectivity index (χ2n) is 6.94. The molecule has 0 aromatic heterocycles. The smallest absolute Gasteiger partial charge is 0.260 e. The minimum absolute atomic E-state index is 0.143. The van der Waals surface area contributed by atoms with Crippen molar-refractivity contribution < 1.29 is 32.2 Å². The van der Waals surface area contributed by atoms with Crippen LogP contribution in [0.2, 0.25) is 0 Å². The van der Waals surface area contributed by atoms with Crippen LogP contribution in [0.5, 0.6) is 23.0 Å². The summed E-state index contributed by atoms with van der Waals surface area (Å²) in [6.45, 7) is 2.36. The van der Waals surface area contributed by atoms with Gasteiger partial charge in [0.15, 0.2) is 18.1 Å². The summed E-state index contributed by atoms with van der Waals surface area (Å²) in [7, 11) is 2.69. The quantitative estimate of drug-likeness (QED) is 0.512. The van der Waals surface area contributed by atoms with E-state index in [1.807, 2.05) is 6.92 Å². The van der Waals surface area contributed by atoms with E-state index in [4.69, 9.17) is 18.9 Å². The molecule has 0 heterocycles. The SMILES string of the molecule is CCCNS(=O)(=O)c1ccc(OCC(=O)N(C)Cc2cc(OC)c(OC)c(OC)c2)cc1. The molecule has 0 bridgehead atoms. The van der Waals surface area contributed by atoms with E-state index in [9.17, 15) is 13.2 Å². The zero-order valence-electron chi connectivity index (χ0n) is 19.0. The third-order valence-electron chi connectivity index (χ3n) is 4.61. The molecule has 0 saturated heterocycles. The Hall–Kier alpha value is -2.98. The maximum absolute atomic E-state index is 12.5. The Bertz CT molecular complexity index is 982. The van der Waals surface area contributed by atoms with Crippen LogP contribution in [0.3, 0.4) is 0 Å². The van der Waals surface area contributed by atoms with E-state index in [1.54, 1.807) is 19.2 Å². The fraction of sp³-hybridized carbons (Fsp3) is 0.409. The van der Waals surface area contributed by atoms with Crippen LogP contribution in [0.15, 0.2) is 41.3 Å². The number of rotatable bonds is 12. The molecule has 2 rings (SSSR count). The molecule has 0 aliphatic rings. The van der Waals surface area contributed by atoms with Crippen LogP contribution in [0, 0.1) is 0 Å². The number of methoxy groups -OCH3 is 3. The van der Waals surface area contributed by atoms with Crippen LogP contribution >= 0.6 is 0 Å². The molecule has 0 spiro atoms. The Labute approximate surface area is 189 Å². The lowest BCUT2D eigenvalue weighted by atomic mass is 10.1. The third kappa shape index (κ3) is 6.51. The molecule has 32 heavy (non-hydrogen) atoms. The zero-order valence-corrected chi connectivity index (χ0v) is 19.8. The van der Waals surface area contributed by atoms with Crippen molar-refractivity contribution in [3.05, 3.63) is 42.0 Å². The lowest BCUT2D eigenvalue weighted by molar-refractivity contribution is -0.132. The van der Waals surface area contributed by atoms with Crippen molar-refractivity contribution in [3.8, 4) is 23.0 Å². The van der Waals surface area contributed by atoms with Crippen molar-refractivity contribution in [3.63, 3.8) is 0 Å². The van der Waals surface area contributed by atoms with E-state index in [0.717, 1.165) is 5.56 Å². The number of amides is 1. The molecular weight excluding hydrogens is 436 g/mol. The number of benzene rings is 2. The Kier molecular flexibility index (Phi) is 9.15. The number of hydrogen-bond acceptors (Lipinski definition) is 7. The van der Waals surface area contributed by atoms with E-state index in [2.05, 4.69) is 4.72 Å². The van der Waals surface area contributed by atoms with Gasteiger partial charge in [-0.3, -0.25) is 4.79 Å². The predicted octanol–water partition coefficient (Wildman–Crippen LogP) is 2.44. The Morgan fingerprint density at radius 2 is 1.59 bits per heavy atom. The number of carbonyl (C=O) groups is 1.